The molecule has 0 aliphatic heterocycles. The fraction of sp³-hybridized carbons (Fsp3) is 0.875. The smallest absolute Gasteiger partial charge is 0.184 e. The first kappa shape index (κ1) is 12.9. The number of allylic oxidation sites excluding steroid dienone is 1. The highest BCUT2D eigenvalue weighted by atomic mass is 28.4. The molecule has 0 heterocycles. The van der Waals surface area contributed by atoms with Crippen molar-refractivity contribution in [1.29, 1.82) is 0 Å². The van der Waals surface area contributed by atoms with Crippen LogP contribution in [0.2, 0.25) is 19.6 Å². The summed E-state index contributed by atoms with van der Waals surface area (Å²) in [4.78, 5) is 0. The van der Waals surface area contributed by atoms with E-state index in [0.29, 0.717) is 5.41 Å². The van der Waals surface area contributed by atoms with Crippen LogP contribution in [0.3, 0.4) is 0 Å². The zero-order chi connectivity index (χ0) is 13.2. The van der Waals surface area contributed by atoms with Gasteiger partial charge < -0.3 is 4.43 Å². The molecule has 2 unspecified atom stereocenters. The molecule has 4 aliphatic carbocycles. The van der Waals surface area contributed by atoms with Crippen molar-refractivity contribution in [1.82, 2.24) is 0 Å². The SMILES string of the molecule is C=C(C)C12CC3CC(CC(O[Si](C)(C)C)(C3)C1)C2. The topological polar surface area (TPSA) is 9.23 Å². The molecule has 0 spiro atoms. The molecule has 0 aromatic carbocycles. The van der Waals surface area contributed by atoms with Gasteiger partial charge in [-0.1, -0.05) is 12.2 Å². The van der Waals surface area contributed by atoms with Crippen molar-refractivity contribution < 1.29 is 4.43 Å². The predicted molar refractivity (Wildman–Crippen MR) is 79.1 cm³/mol. The maximum absolute atomic E-state index is 6.71. The van der Waals surface area contributed by atoms with Crippen LogP contribution in [0, 0.1) is 17.3 Å². The van der Waals surface area contributed by atoms with Crippen molar-refractivity contribution in [3.63, 3.8) is 0 Å². The minimum atomic E-state index is -1.44. The van der Waals surface area contributed by atoms with Gasteiger partial charge in [-0.25, -0.2) is 0 Å². The van der Waals surface area contributed by atoms with Gasteiger partial charge in [-0.15, -0.1) is 0 Å². The van der Waals surface area contributed by atoms with Crippen molar-refractivity contribution in [2.24, 2.45) is 17.3 Å². The largest absolute Gasteiger partial charge is 0.412 e. The van der Waals surface area contributed by atoms with Crippen molar-refractivity contribution >= 4 is 8.32 Å². The van der Waals surface area contributed by atoms with Gasteiger partial charge in [0.2, 0.25) is 0 Å². The van der Waals surface area contributed by atoms with E-state index >= 15 is 0 Å². The Labute approximate surface area is 113 Å². The Balaban J connectivity index is 1.92. The summed E-state index contributed by atoms with van der Waals surface area (Å²) in [6.45, 7) is 13.6. The first-order chi connectivity index (χ1) is 8.22. The van der Waals surface area contributed by atoms with Gasteiger partial charge >= 0.3 is 0 Å². The van der Waals surface area contributed by atoms with Crippen molar-refractivity contribution in [3.05, 3.63) is 12.2 Å². The Morgan fingerprint density at radius 2 is 1.67 bits per heavy atom. The molecule has 18 heavy (non-hydrogen) atoms. The lowest BCUT2D eigenvalue weighted by Crippen LogP contribution is -2.59. The Kier molecular flexibility index (Phi) is 2.68. The van der Waals surface area contributed by atoms with Crippen LogP contribution in [0.15, 0.2) is 12.2 Å². The molecule has 2 heteroatoms. The maximum Gasteiger partial charge on any atom is 0.184 e. The summed E-state index contributed by atoms with van der Waals surface area (Å²) in [5.74, 6) is 1.83. The highest BCUT2D eigenvalue weighted by molar-refractivity contribution is 6.69. The van der Waals surface area contributed by atoms with E-state index in [0.717, 1.165) is 11.8 Å². The minimum absolute atomic E-state index is 0.230. The van der Waals surface area contributed by atoms with Crippen LogP contribution in [0.4, 0.5) is 0 Å². The van der Waals surface area contributed by atoms with Crippen LogP contribution in [-0.2, 0) is 4.43 Å². The highest BCUT2D eigenvalue weighted by Crippen LogP contribution is 2.65. The minimum Gasteiger partial charge on any atom is -0.412 e. The van der Waals surface area contributed by atoms with Gasteiger partial charge in [0.1, 0.15) is 0 Å². The molecule has 0 saturated heterocycles. The quantitative estimate of drug-likeness (QED) is 0.528. The van der Waals surface area contributed by atoms with E-state index in [1.165, 1.54) is 44.1 Å². The number of rotatable bonds is 3. The van der Waals surface area contributed by atoms with Crippen LogP contribution in [0.5, 0.6) is 0 Å². The number of hydrogen-bond acceptors (Lipinski definition) is 1. The standard InChI is InChI=1S/C16H28OSi/c1-12(2)15-7-13-6-14(8-15)10-16(9-13,11-15)17-18(3,4)5/h13-14H,1,6-11H2,2-5H3. The molecule has 0 aromatic heterocycles. The van der Waals surface area contributed by atoms with Gasteiger partial charge in [-0.05, 0) is 82.3 Å². The lowest BCUT2D eigenvalue weighted by atomic mass is 9.46. The molecule has 0 radical (unpaired) electrons. The molecule has 4 bridgehead atoms. The van der Waals surface area contributed by atoms with Gasteiger partial charge in [0.05, 0.1) is 5.60 Å². The van der Waals surface area contributed by atoms with E-state index in [1.54, 1.807) is 0 Å². The molecule has 4 fully saturated rings. The van der Waals surface area contributed by atoms with E-state index in [-0.39, 0.29) is 5.60 Å². The monoisotopic (exact) mass is 264 g/mol. The van der Waals surface area contributed by atoms with Crippen molar-refractivity contribution in [2.45, 2.75) is 70.7 Å². The van der Waals surface area contributed by atoms with E-state index in [4.69, 9.17) is 4.43 Å². The fourth-order valence-electron chi connectivity index (χ4n) is 5.45. The molecule has 4 rings (SSSR count). The average molecular weight is 264 g/mol. The molecule has 4 saturated carbocycles. The van der Waals surface area contributed by atoms with E-state index < -0.39 is 8.32 Å². The molecule has 0 aromatic rings. The third kappa shape index (κ3) is 2.02. The fourth-order valence-corrected chi connectivity index (χ4v) is 6.98. The van der Waals surface area contributed by atoms with Gasteiger partial charge in [0, 0.05) is 0 Å². The second kappa shape index (κ2) is 3.73. The van der Waals surface area contributed by atoms with Crippen molar-refractivity contribution in [3.8, 4) is 0 Å². The number of hydrogen-bond donors (Lipinski definition) is 0. The summed E-state index contributed by atoms with van der Waals surface area (Å²) in [7, 11) is -1.44. The summed E-state index contributed by atoms with van der Waals surface area (Å²) < 4.78 is 6.71. The second-order valence-corrected chi connectivity index (χ2v) is 12.8. The Bertz CT molecular complexity index is 365. The zero-order valence-electron chi connectivity index (χ0n) is 12.5. The summed E-state index contributed by atoms with van der Waals surface area (Å²) in [6.07, 6.45) is 8.20. The molecule has 0 N–H and O–H groups in total. The van der Waals surface area contributed by atoms with Crippen LogP contribution in [-0.4, -0.2) is 13.9 Å². The Hall–Kier alpha value is -0.0831. The summed E-state index contributed by atoms with van der Waals surface area (Å²) >= 11 is 0. The van der Waals surface area contributed by atoms with E-state index in [9.17, 15) is 0 Å². The first-order valence-corrected chi connectivity index (χ1v) is 11.0. The van der Waals surface area contributed by atoms with Gasteiger partial charge in [-0.3, -0.25) is 0 Å². The summed E-state index contributed by atoms with van der Waals surface area (Å²) in [6, 6.07) is 0. The van der Waals surface area contributed by atoms with Crippen LogP contribution in [0.1, 0.15) is 45.4 Å². The maximum atomic E-state index is 6.71. The van der Waals surface area contributed by atoms with Crippen LogP contribution >= 0.6 is 0 Å². The molecule has 102 valence electrons. The highest BCUT2D eigenvalue weighted by Gasteiger charge is 2.59. The molecule has 2 atom stereocenters. The molecular weight excluding hydrogens is 236 g/mol. The van der Waals surface area contributed by atoms with Gasteiger partial charge in [-0.2, -0.15) is 0 Å². The second-order valence-electron chi connectivity index (χ2n) is 8.42. The Morgan fingerprint density at radius 1 is 1.11 bits per heavy atom. The van der Waals surface area contributed by atoms with E-state index in [1.807, 2.05) is 0 Å². The first-order valence-electron chi connectivity index (χ1n) is 7.58. The predicted octanol–water partition coefficient (Wildman–Crippen LogP) is 4.75. The summed E-state index contributed by atoms with van der Waals surface area (Å²) in [5.41, 5.74) is 2.09. The normalized spacial score (nSPS) is 46.4. The van der Waals surface area contributed by atoms with Crippen LogP contribution in [0.25, 0.3) is 0 Å². The molecular formula is C16H28OSi. The molecule has 1 nitrogen and oxygen atoms in total. The summed E-state index contributed by atoms with van der Waals surface area (Å²) in [5, 5.41) is 0. The van der Waals surface area contributed by atoms with Gasteiger partial charge in [0.25, 0.3) is 0 Å². The van der Waals surface area contributed by atoms with Crippen molar-refractivity contribution in [2.75, 3.05) is 0 Å². The third-order valence-electron chi connectivity index (χ3n) is 5.44. The lowest BCUT2D eigenvalue weighted by molar-refractivity contribution is -0.140. The molecule has 0 amide bonds. The van der Waals surface area contributed by atoms with E-state index in [2.05, 4.69) is 33.1 Å². The third-order valence-corrected chi connectivity index (χ3v) is 6.48. The zero-order valence-corrected chi connectivity index (χ0v) is 13.5. The lowest BCUT2D eigenvalue weighted by Gasteiger charge is -2.63. The van der Waals surface area contributed by atoms with Gasteiger partial charge in [0.15, 0.2) is 8.32 Å². The molecule has 4 aliphatic rings. The van der Waals surface area contributed by atoms with Crippen LogP contribution < -0.4 is 0 Å². The Morgan fingerprint density at radius 3 is 2.11 bits per heavy atom. The average Bonchev–Trinajstić information content (AvgIpc) is 2.10.